The van der Waals surface area contributed by atoms with Gasteiger partial charge < -0.3 is 24.2 Å². The molecule has 2 aromatic rings. The zero-order chi connectivity index (χ0) is 17.6. The first-order valence-electron chi connectivity index (χ1n) is 8.26. The van der Waals surface area contributed by atoms with Crippen molar-refractivity contribution in [1.82, 2.24) is 4.90 Å². The molecular weight excluding hydrogens is 318 g/mol. The van der Waals surface area contributed by atoms with Crippen LogP contribution in [-0.4, -0.2) is 37.9 Å². The van der Waals surface area contributed by atoms with E-state index in [1.807, 2.05) is 18.2 Å². The maximum Gasteiger partial charge on any atom is 0.161 e. The van der Waals surface area contributed by atoms with Gasteiger partial charge in [-0.1, -0.05) is 0 Å². The zero-order valence-electron chi connectivity index (χ0n) is 14.6. The molecule has 2 aromatic carbocycles. The van der Waals surface area contributed by atoms with Crippen LogP contribution in [0.5, 0.6) is 23.0 Å². The van der Waals surface area contributed by atoms with Crippen molar-refractivity contribution in [3.63, 3.8) is 0 Å². The first-order chi connectivity index (χ1) is 12.1. The van der Waals surface area contributed by atoms with Gasteiger partial charge in [-0.2, -0.15) is 0 Å². The summed E-state index contributed by atoms with van der Waals surface area (Å²) in [6.45, 7) is 1.74. The average Bonchev–Trinajstić information content (AvgIpc) is 2.64. The summed E-state index contributed by atoms with van der Waals surface area (Å²) < 4.78 is 16.1. The quantitative estimate of drug-likeness (QED) is 0.930. The van der Waals surface area contributed by atoms with Gasteiger partial charge in [0.05, 0.1) is 21.3 Å². The highest BCUT2D eigenvalue weighted by Gasteiger charge is 2.27. The number of ether oxygens (including phenoxy) is 3. The minimum Gasteiger partial charge on any atom is -0.504 e. The van der Waals surface area contributed by atoms with Crippen molar-refractivity contribution >= 4 is 11.8 Å². The van der Waals surface area contributed by atoms with E-state index in [0.29, 0.717) is 5.75 Å². The van der Waals surface area contributed by atoms with Crippen LogP contribution in [0.3, 0.4) is 0 Å². The number of hydrogen-bond acceptors (Lipinski definition) is 5. The first kappa shape index (κ1) is 15.7. The van der Waals surface area contributed by atoms with E-state index < -0.39 is 0 Å². The molecule has 2 aliphatic rings. The van der Waals surface area contributed by atoms with Gasteiger partial charge in [-0.15, -0.1) is 0 Å². The molecule has 0 amide bonds. The fourth-order valence-corrected chi connectivity index (χ4v) is 3.66. The third-order valence-electron chi connectivity index (χ3n) is 4.97. The van der Waals surface area contributed by atoms with Crippen molar-refractivity contribution in [3.8, 4) is 23.0 Å². The van der Waals surface area contributed by atoms with Crippen LogP contribution >= 0.6 is 0 Å². The summed E-state index contributed by atoms with van der Waals surface area (Å²) in [5.74, 6) is 2.16. The fraction of sp³-hybridized carbons (Fsp3) is 0.300. The van der Waals surface area contributed by atoms with Crippen LogP contribution in [0.25, 0.3) is 11.8 Å². The molecule has 2 aliphatic heterocycles. The molecule has 1 N–H and O–H groups in total. The number of aromatic hydroxyl groups is 1. The third kappa shape index (κ3) is 2.47. The SMILES string of the molecule is COc1cc2c(cc1O)C1=Cc3cc(OC)c(OC)cc3CN1CC2. The number of phenols is 1. The molecule has 130 valence electrons. The van der Waals surface area contributed by atoms with E-state index >= 15 is 0 Å². The van der Waals surface area contributed by atoms with Crippen LogP contribution in [0, 0.1) is 0 Å². The monoisotopic (exact) mass is 339 g/mol. The van der Waals surface area contributed by atoms with Crippen molar-refractivity contribution in [1.29, 1.82) is 0 Å². The van der Waals surface area contributed by atoms with Crippen LogP contribution in [0.15, 0.2) is 24.3 Å². The molecule has 0 spiro atoms. The standard InChI is InChI=1S/C20H21NO4/c1-23-18-7-12-4-5-21-11-14-9-20(25-3)19(24-2)8-13(14)6-16(21)15(12)10-17(18)22/h6-10,22H,4-5,11H2,1-3H3. The predicted octanol–water partition coefficient (Wildman–Crippen LogP) is 3.29. The van der Waals surface area contributed by atoms with Gasteiger partial charge in [0.2, 0.25) is 0 Å². The first-order valence-corrected chi connectivity index (χ1v) is 8.26. The van der Waals surface area contributed by atoms with Gasteiger partial charge in [-0.25, -0.2) is 0 Å². The summed E-state index contributed by atoms with van der Waals surface area (Å²) in [5, 5.41) is 10.2. The van der Waals surface area contributed by atoms with E-state index in [9.17, 15) is 5.11 Å². The molecule has 5 heteroatoms. The molecule has 0 aromatic heterocycles. The lowest BCUT2D eigenvalue weighted by Crippen LogP contribution is -2.31. The zero-order valence-corrected chi connectivity index (χ0v) is 14.6. The van der Waals surface area contributed by atoms with E-state index in [1.165, 1.54) is 11.1 Å². The van der Waals surface area contributed by atoms with E-state index in [1.54, 1.807) is 27.4 Å². The number of fused-ring (bicyclic) bond motifs is 4. The topological polar surface area (TPSA) is 51.2 Å². The molecule has 0 saturated carbocycles. The summed E-state index contributed by atoms with van der Waals surface area (Å²) in [7, 11) is 4.88. The molecule has 0 unspecified atom stereocenters. The summed E-state index contributed by atoms with van der Waals surface area (Å²) in [6.07, 6.45) is 3.08. The van der Waals surface area contributed by atoms with E-state index in [2.05, 4.69) is 11.0 Å². The maximum atomic E-state index is 10.2. The molecule has 4 rings (SSSR count). The highest BCUT2D eigenvalue weighted by molar-refractivity contribution is 5.86. The van der Waals surface area contributed by atoms with Crippen molar-refractivity contribution in [2.24, 2.45) is 0 Å². The van der Waals surface area contributed by atoms with Crippen LogP contribution in [0.4, 0.5) is 0 Å². The van der Waals surface area contributed by atoms with Crippen LogP contribution in [-0.2, 0) is 13.0 Å². The molecule has 5 nitrogen and oxygen atoms in total. The number of methoxy groups -OCH3 is 3. The normalized spacial score (nSPS) is 14.8. The lowest BCUT2D eigenvalue weighted by Gasteiger charge is -2.37. The van der Waals surface area contributed by atoms with Gasteiger partial charge in [0, 0.05) is 24.4 Å². The Balaban J connectivity index is 1.85. The highest BCUT2D eigenvalue weighted by Crippen LogP contribution is 2.42. The Kier molecular flexibility index (Phi) is 3.71. The second kappa shape index (κ2) is 5.92. The second-order valence-corrected chi connectivity index (χ2v) is 6.29. The largest absolute Gasteiger partial charge is 0.504 e. The summed E-state index contributed by atoms with van der Waals surface area (Å²) >= 11 is 0. The number of nitrogens with zero attached hydrogens (tertiary/aromatic N) is 1. The third-order valence-corrected chi connectivity index (χ3v) is 4.97. The molecule has 25 heavy (non-hydrogen) atoms. The molecule has 0 aliphatic carbocycles. The summed E-state index contributed by atoms with van der Waals surface area (Å²) in [5.41, 5.74) is 5.71. The fourth-order valence-electron chi connectivity index (χ4n) is 3.66. The summed E-state index contributed by atoms with van der Waals surface area (Å²) in [4.78, 5) is 2.34. The van der Waals surface area contributed by atoms with E-state index in [0.717, 1.165) is 47.8 Å². The lowest BCUT2D eigenvalue weighted by molar-refractivity contribution is 0.349. The minimum atomic E-state index is 0.169. The number of benzene rings is 2. The van der Waals surface area contributed by atoms with Gasteiger partial charge in [-0.3, -0.25) is 0 Å². The Hall–Kier alpha value is -2.82. The van der Waals surface area contributed by atoms with Crippen molar-refractivity contribution in [2.45, 2.75) is 13.0 Å². The van der Waals surface area contributed by atoms with Crippen LogP contribution in [0.2, 0.25) is 0 Å². The van der Waals surface area contributed by atoms with E-state index in [-0.39, 0.29) is 5.75 Å². The molecular formula is C20H21NO4. The van der Waals surface area contributed by atoms with Gasteiger partial charge in [0.1, 0.15) is 0 Å². The van der Waals surface area contributed by atoms with Crippen LogP contribution < -0.4 is 14.2 Å². The Morgan fingerprint density at radius 1 is 0.880 bits per heavy atom. The minimum absolute atomic E-state index is 0.169. The van der Waals surface area contributed by atoms with Gasteiger partial charge in [0.15, 0.2) is 23.0 Å². The Labute approximate surface area is 147 Å². The lowest BCUT2D eigenvalue weighted by atomic mass is 9.90. The van der Waals surface area contributed by atoms with Crippen LogP contribution in [0.1, 0.15) is 22.3 Å². The Bertz CT molecular complexity index is 872. The molecule has 0 saturated heterocycles. The van der Waals surface area contributed by atoms with Crippen molar-refractivity contribution in [2.75, 3.05) is 27.9 Å². The van der Waals surface area contributed by atoms with E-state index in [4.69, 9.17) is 14.2 Å². The van der Waals surface area contributed by atoms with Gasteiger partial charge in [-0.05, 0) is 53.5 Å². The van der Waals surface area contributed by atoms with Gasteiger partial charge >= 0.3 is 0 Å². The number of hydrogen-bond donors (Lipinski definition) is 1. The molecule has 2 heterocycles. The number of rotatable bonds is 3. The molecule has 0 radical (unpaired) electrons. The molecule has 0 atom stereocenters. The van der Waals surface area contributed by atoms with Crippen molar-refractivity contribution < 1.29 is 19.3 Å². The highest BCUT2D eigenvalue weighted by atomic mass is 16.5. The number of phenolic OH excluding ortho intramolecular Hbond substituents is 1. The summed E-state index contributed by atoms with van der Waals surface area (Å²) in [6, 6.07) is 7.80. The second-order valence-electron chi connectivity index (χ2n) is 6.29. The van der Waals surface area contributed by atoms with Crippen molar-refractivity contribution in [3.05, 3.63) is 46.5 Å². The predicted molar refractivity (Wildman–Crippen MR) is 96.2 cm³/mol. The average molecular weight is 339 g/mol. The Morgan fingerprint density at radius 3 is 2.28 bits per heavy atom. The van der Waals surface area contributed by atoms with Gasteiger partial charge in [0.25, 0.3) is 0 Å². The maximum absolute atomic E-state index is 10.2. The smallest absolute Gasteiger partial charge is 0.161 e. The molecule has 0 bridgehead atoms. The Morgan fingerprint density at radius 2 is 1.56 bits per heavy atom. The molecule has 0 fully saturated rings.